The second-order valence-electron chi connectivity index (χ2n) is 4.33. The van der Waals surface area contributed by atoms with Crippen LogP contribution in [0.2, 0.25) is 0 Å². The SMILES string of the molecule is CCN(c1cc(C(=O)OC)ccc1[N+](=O)[O-])C(C)C. The van der Waals surface area contributed by atoms with E-state index in [1.165, 1.54) is 25.3 Å². The van der Waals surface area contributed by atoms with Crippen molar-refractivity contribution in [2.75, 3.05) is 18.6 Å². The van der Waals surface area contributed by atoms with Gasteiger partial charge in [0, 0.05) is 18.7 Å². The van der Waals surface area contributed by atoms with Crippen LogP contribution in [-0.4, -0.2) is 30.6 Å². The van der Waals surface area contributed by atoms with Crippen LogP contribution in [-0.2, 0) is 4.74 Å². The van der Waals surface area contributed by atoms with Crippen molar-refractivity contribution in [3.05, 3.63) is 33.9 Å². The molecule has 0 amide bonds. The number of benzene rings is 1. The highest BCUT2D eigenvalue weighted by molar-refractivity contribution is 5.91. The molecule has 0 unspecified atom stereocenters. The van der Waals surface area contributed by atoms with E-state index in [-0.39, 0.29) is 11.7 Å². The third-order valence-electron chi connectivity index (χ3n) is 2.87. The van der Waals surface area contributed by atoms with Gasteiger partial charge in [-0.25, -0.2) is 4.79 Å². The molecular weight excluding hydrogens is 248 g/mol. The van der Waals surface area contributed by atoms with Crippen molar-refractivity contribution in [2.45, 2.75) is 26.8 Å². The summed E-state index contributed by atoms with van der Waals surface area (Å²) in [5, 5.41) is 11.1. The zero-order chi connectivity index (χ0) is 14.6. The Labute approximate surface area is 112 Å². The van der Waals surface area contributed by atoms with Crippen molar-refractivity contribution < 1.29 is 14.5 Å². The summed E-state index contributed by atoms with van der Waals surface area (Å²) in [5.74, 6) is -0.504. The van der Waals surface area contributed by atoms with Gasteiger partial charge in [-0.1, -0.05) is 0 Å². The molecule has 1 aromatic rings. The van der Waals surface area contributed by atoms with E-state index >= 15 is 0 Å². The smallest absolute Gasteiger partial charge is 0.337 e. The van der Waals surface area contributed by atoms with Gasteiger partial charge in [0.05, 0.1) is 17.6 Å². The van der Waals surface area contributed by atoms with Crippen molar-refractivity contribution in [1.29, 1.82) is 0 Å². The summed E-state index contributed by atoms with van der Waals surface area (Å²) in [6, 6.07) is 4.35. The molecule has 0 saturated carbocycles. The number of carbonyl (C=O) groups excluding carboxylic acids is 1. The molecule has 0 aliphatic carbocycles. The van der Waals surface area contributed by atoms with Crippen LogP contribution in [0.4, 0.5) is 11.4 Å². The van der Waals surface area contributed by atoms with E-state index in [1.54, 1.807) is 0 Å². The van der Waals surface area contributed by atoms with E-state index in [9.17, 15) is 14.9 Å². The zero-order valence-electron chi connectivity index (χ0n) is 11.5. The monoisotopic (exact) mass is 266 g/mol. The summed E-state index contributed by atoms with van der Waals surface area (Å²) in [4.78, 5) is 24.0. The predicted molar refractivity (Wildman–Crippen MR) is 72.6 cm³/mol. The number of nitro benzene ring substituents is 1. The number of anilines is 1. The van der Waals surface area contributed by atoms with Crippen LogP contribution in [0, 0.1) is 10.1 Å². The molecule has 1 aromatic carbocycles. The minimum Gasteiger partial charge on any atom is -0.465 e. The van der Waals surface area contributed by atoms with Gasteiger partial charge in [-0.3, -0.25) is 10.1 Å². The van der Waals surface area contributed by atoms with Gasteiger partial charge < -0.3 is 9.64 Å². The van der Waals surface area contributed by atoms with Crippen LogP contribution in [0.5, 0.6) is 0 Å². The molecule has 0 aliphatic rings. The van der Waals surface area contributed by atoms with Gasteiger partial charge in [0.15, 0.2) is 0 Å². The highest BCUT2D eigenvalue weighted by Crippen LogP contribution is 2.30. The van der Waals surface area contributed by atoms with E-state index in [0.29, 0.717) is 17.8 Å². The maximum Gasteiger partial charge on any atom is 0.337 e. The highest BCUT2D eigenvalue weighted by atomic mass is 16.6. The van der Waals surface area contributed by atoms with Crippen LogP contribution in [0.3, 0.4) is 0 Å². The number of rotatable bonds is 5. The third kappa shape index (κ3) is 3.21. The first-order chi connectivity index (χ1) is 8.92. The Morgan fingerprint density at radius 1 is 1.47 bits per heavy atom. The number of methoxy groups -OCH3 is 1. The van der Waals surface area contributed by atoms with Crippen molar-refractivity contribution in [3.63, 3.8) is 0 Å². The van der Waals surface area contributed by atoms with Crippen LogP contribution in [0.1, 0.15) is 31.1 Å². The normalized spacial score (nSPS) is 10.4. The molecular formula is C13H18N2O4. The molecule has 0 spiro atoms. The fraction of sp³-hybridized carbons (Fsp3) is 0.462. The second-order valence-corrected chi connectivity index (χ2v) is 4.33. The molecule has 6 heteroatoms. The first-order valence-corrected chi connectivity index (χ1v) is 6.05. The van der Waals surface area contributed by atoms with E-state index in [2.05, 4.69) is 4.74 Å². The summed E-state index contributed by atoms with van der Waals surface area (Å²) < 4.78 is 4.64. The number of nitrogens with zero attached hydrogens (tertiary/aromatic N) is 2. The Morgan fingerprint density at radius 3 is 2.53 bits per heavy atom. The van der Waals surface area contributed by atoms with Crippen LogP contribution < -0.4 is 4.90 Å². The Hall–Kier alpha value is -2.11. The maximum atomic E-state index is 11.5. The molecule has 0 N–H and O–H groups in total. The summed E-state index contributed by atoms with van der Waals surface area (Å²) >= 11 is 0. The van der Waals surface area contributed by atoms with Crippen molar-refractivity contribution in [2.24, 2.45) is 0 Å². The van der Waals surface area contributed by atoms with Crippen molar-refractivity contribution in [3.8, 4) is 0 Å². The van der Waals surface area contributed by atoms with Gasteiger partial charge in [-0.05, 0) is 32.9 Å². The molecule has 1 rings (SSSR count). The quantitative estimate of drug-likeness (QED) is 0.465. The van der Waals surface area contributed by atoms with E-state index in [0.717, 1.165) is 0 Å². The Morgan fingerprint density at radius 2 is 2.11 bits per heavy atom. The molecule has 0 aromatic heterocycles. The minimum absolute atomic E-state index is 0.0109. The minimum atomic E-state index is -0.504. The summed E-state index contributed by atoms with van der Waals surface area (Å²) in [6.07, 6.45) is 0. The average molecular weight is 266 g/mol. The van der Waals surface area contributed by atoms with Crippen molar-refractivity contribution in [1.82, 2.24) is 0 Å². The lowest BCUT2D eigenvalue weighted by Crippen LogP contribution is -2.31. The van der Waals surface area contributed by atoms with Gasteiger partial charge >= 0.3 is 5.97 Å². The molecule has 104 valence electrons. The Kier molecular flexibility index (Phi) is 4.86. The lowest BCUT2D eigenvalue weighted by molar-refractivity contribution is -0.384. The molecule has 0 radical (unpaired) electrons. The Balaban J connectivity index is 3.37. The number of hydrogen-bond acceptors (Lipinski definition) is 5. The molecule has 0 aliphatic heterocycles. The van der Waals surface area contributed by atoms with E-state index in [4.69, 9.17) is 0 Å². The molecule has 0 heterocycles. The summed E-state index contributed by atoms with van der Waals surface area (Å²) in [7, 11) is 1.28. The first kappa shape index (κ1) is 14.9. The van der Waals surface area contributed by atoms with E-state index < -0.39 is 10.9 Å². The fourth-order valence-electron chi connectivity index (χ4n) is 1.97. The molecule has 0 saturated heterocycles. The average Bonchev–Trinajstić information content (AvgIpc) is 2.37. The predicted octanol–water partition coefficient (Wildman–Crippen LogP) is 2.62. The highest BCUT2D eigenvalue weighted by Gasteiger charge is 2.22. The molecule has 0 atom stereocenters. The fourth-order valence-corrected chi connectivity index (χ4v) is 1.97. The van der Waals surface area contributed by atoms with E-state index in [1.807, 2.05) is 25.7 Å². The van der Waals surface area contributed by atoms with Crippen molar-refractivity contribution >= 4 is 17.3 Å². The lowest BCUT2D eigenvalue weighted by atomic mass is 10.1. The third-order valence-corrected chi connectivity index (χ3v) is 2.87. The topological polar surface area (TPSA) is 72.7 Å². The molecule has 0 bridgehead atoms. The second kappa shape index (κ2) is 6.17. The maximum absolute atomic E-state index is 11.5. The number of esters is 1. The Bertz CT molecular complexity index is 486. The zero-order valence-corrected chi connectivity index (χ0v) is 11.5. The van der Waals surface area contributed by atoms with Gasteiger partial charge in [-0.2, -0.15) is 0 Å². The number of carbonyl (C=O) groups is 1. The first-order valence-electron chi connectivity index (χ1n) is 6.05. The summed E-state index contributed by atoms with van der Waals surface area (Å²) in [5.41, 5.74) is 0.732. The number of ether oxygens (including phenoxy) is 1. The number of nitro groups is 1. The molecule has 0 fully saturated rings. The van der Waals surface area contributed by atoms with Gasteiger partial charge in [0.25, 0.3) is 5.69 Å². The van der Waals surface area contributed by atoms with Gasteiger partial charge in [0.2, 0.25) is 0 Å². The molecule has 6 nitrogen and oxygen atoms in total. The van der Waals surface area contributed by atoms with Crippen LogP contribution >= 0.6 is 0 Å². The standard InChI is InChI=1S/C13H18N2O4/c1-5-14(9(2)3)12-8-10(13(16)19-4)6-7-11(12)15(17)18/h6-9H,5H2,1-4H3. The number of hydrogen-bond donors (Lipinski definition) is 0. The van der Waals surface area contributed by atoms with Crippen LogP contribution in [0.25, 0.3) is 0 Å². The van der Waals surface area contributed by atoms with Gasteiger partial charge in [-0.15, -0.1) is 0 Å². The largest absolute Gasteiger partial charge is 0.465 e. The lowest BCUT2D eigenvalue weighted by Gasteiger charge is -2.27. The van der Waals surface area contributed by atoms with Crippen LogP contribution in [0.15, 0.2) is 18.2 Å². The summed E-state index contributed by atoms with van der Waals surface area (Å²) in [6.45, 7) is 6.41. The molecule has 19 heavy (non-hydrogen) atoms. The van der Waals surface area contributed by atoms with Gasteiger partial charge in [0.1, 0.15) is 5.69 Å².